The molecule has 5 nitrogen and oxygen atoms in total. The van der Waals surface area contributed by atoms with Crippen molar-refractivity contribution in [2.45, 2.75) is 64.2 Å². The highest BCUT2D eigenvalue weighted by molar-refractivity contribution is 5.77. The number of likely N-dealkylation sites (tertiary alicyclic amines) is 2. The number of rotatable bonds is 6. The van der Waals surface area contributed by atoms with E-state index in [9.17, 15) is 9.90 Å². The predicted octanol–water partition coefficient (Wildman–Crippen LogP) is 1.25. The summed E-state index contributed by atoms with van der Waals surface area (Å²) in [5.74, 6) is 0.338. The van der Waals surface area contributed by atoms with Crippen LogP contribution in [0.3, 0.4) is 0 Å². The third-order valence-corrected chi connectivity index (χ3v) is 4.45. The fraction of sp³-hybridized carbons (Fsp3) is 0.938. The van der Waals surface area contributed by atoms with Crippen LogP contribution >= 0.6 is 0 Å². The van der Waals surface area contributed by atoms with E-state index in [1.807, 2.05) is 13.8 Å². The first-order chi connectivity index (χ1) is 10.1. The monoisotopic (exact) mass is 298 g/mol. The first-order valence-electron chi connectivity index (χ1n) is 8.37. The summed E-state index contributed by atoms with van der Waals surface area (Å²) in [6.45, 7) is 7.91. The van der Waals surface area contributed by atoms with Crippen LogP contribution in [0.2, 0.25) is 0 Å². The Hall–Kier alpha value is -0.650. The molecule has 1 amide bonds. The van der Waals surface area contributed by atoms with Gasteiger partial charge in [0.05, 0.1) is 18.8 Å². The number of nitrogens with zero attached hydrogens (tertiary/aromatic N) is 2. The van der Waals surface area contributed by atoms with Gasteiger partial charge in [-0.15, -0.1) is 0 Å². The number of β-amino-alcohol motifs (C(OH)–C–C–N with tert-alkyl or cyclic N) is 1. The van der Waals surface area contributed by atoms with Gasteiger partial charge in [-0.1, -0.05) is 0 Å². The maximum absolute atomic E-state index is 12.0. The molecular weight excluding hydrogens is 268 g/mol. The molecule has 5 heteroatoms. The van der Waals surface area contributed by atoms with Crippen molar-refractivity contribution >= 4 is 5.91 Å². The molecule has 1 unspecified atom stereocenters. The smallest absolute Gasteiger partial charge is 0.222 e. The highest BCUT2D eigenvalue weighted by atomic mass is 16.5. The number of aliphatic hydroxyl groups is 1. The fourth-order valence-corrected chi connectivity index (χ4v) is 3.28. The molecule has 0 aromatic rings. The molecule has 0 aliphatic carbocycles. The van der Waals surface area contributed by atoms with Gasteiger partial charge < -0.3 is 19.6 Å². The van der Waals surface area contributed by atoms with E-state index in [4.69, 9.17) is 4.74 Å². The summed E-state index contributed by atoms with van der Waals surface area (Å²) in [5, 5.41) is 9.98. The van der Waals surface area contributed by atoms with Crippen LogP contribution in [0.25, 0.3) is 0 Å². The summed E-state index contributed by atoms with van der Waals surface area (Å²) >= 11 is 0. The summed E-state index contributed by atoms with van der Waals surface area (Å²) < 4.78 is 5.45. The van der Waals surface area contributed by atoms with Crippen molar-refractivity contribution in [3.05, 3.63) is 0 Å². The van der Waals surface area contributed by atoms with Crippen LogP contribution in [-0.2, 0) is 9.53 Å². The molecule has 2 aliphatic rings. The minimum atomic E-state index is -0.416. The van der Waals surface area contributed by atoms with Gasteiger partial charge in [0.15, 0.2) is 0 Å². The van der Waals surface area contributed by atoms with Gasteiger partial charge in [0.2, 0.25) is 5.91 Å². The van der Waals surface area contributed by atoms with Gasteiger partial charge in [-0.25, -0.2) is 0 Å². The zero-order chi connectivity index (χ0) is 15.2. The van der Waals surface area contributed by atoms with E-state index in [2.05, 4.69) is 9.80 Å². The molecule has 2 fully saturated rings. The van der Waals surface area contributed by atoms with E-state index in [0.717, 1.165) is 51.7 Å². The Balaban J connectivity index is 1.69. The van der Waals surface area contributed by atoms with E-state index < -0.39 is 6.10 Å². The lowest BCUT2D eigenvalue weighted by Crippen LogP contribution is -2.50. The third-order valence-electron chi connectivity index (χ3n) is 4.45. The Morgan fingerprint density at radius 2 is 1.95 bits per heavy atom. The van der Waals surface area contributed by atoms with Crippen LogP contribution in [0.5, 0.6) is 0 Å². The van der Waals surface area contributed by atoms with Gasteiger partial charge >= 0.3 is 0 Å². The summed E-state index contributed by atoms with van der Waals surface area (Å²) in [6, 6.07) is 0.415. The predicted molar refractivity (Wildman–Crippen MR) is 82.1 cm³/mol. The SMILES string of the molecule is CC(C)OCC(O)CN1CCC(N2CCCCC2=O)CC1. The minimum absolute atomic E-state index is 0.163. The van der Waals surface area contributed by atoms with Crippen LogP contribution in [0.1, 0.15) is 46.0 Å². The number of piperidine rings is 2. The normalized spacial score (nSPS) is 23.8. The molecular formula is C16H30N2O3. The highest BCUT2D eigenvalue weighted by Gasteiger charge is 2.29. The topological polar surface area (TPSA) is 53.0 Å². The number of ether oxygens (including phenoxy) is 1. The summed E-state index contributed by atoms with van der Waals surface area (Å²) in [4.78, 5) is 16.3. The highest BCUT2D eigenvalue weighted by Crippen LogP contribution is 2.21. The summed E-state index contributed by atoms with van der Waals surface area (Å²) in [5.41, 5.74) is 0. The van der Waals surface area contributed by atoms with Gasteiger partial charge in [0.1, 0.15) is 0 Å². The molecule has 0 spiro atoms. The van der Waals surface area contributed by atoms with Crippen LogP contribution < -0.4 is 0 Å². The van der Waals surface area contributed by atoms with Crippen molar-refractivity contribution in [2.24, 2.45) is 0 Å². The maximum Gasteiger partial charge on any atom is 0.222 e. The van der Waals surface area contributed by atoms with Gasteiger partial charge in [0.25, 0.3) is 0 Å². The van der Waals surface area contributed by atoms with Crippen molar-refractivity contribution in [3.8, 4) is 0 Å². The van der Waals surface area contributed by atoms with Crippen molar-refractivity contribution in [1.82, 2.24) is 9.80 Å². The molecule has 0 aromatic carbocycles. The molecule has 0 radical (unpaired) electrons. The van der Waals surface area contributed by atoms with Crippen molar-refractivity contribution in [3.63, 3.8) is 0 Å². The molecule has 2 heterocycles. The Kier molecular flexibility index (Phi) is 6.45. The Morgan fingerprint density at radius 3 is 2.57 bits per heavy atom. The molecule has 1 atom stereocenters. The molecule has 2 rings (SSSR count). The quantitative estimate of drug-likeness (QED) is 0.802. The van der Waals surface area contributed by atoms with Gasteiger partial charge in [-0.2, -0.15) is 0 Å². The molecule has 2 saturated heterocycles. The average molecular weight is 298 g/mol. The number of hydrogen-bond acceptors (Lipinski definition) is 4. The lowest BCUT2D eigenvalue weighted by atomic mass is 9.99. The van der Waals surface area contributed by atoms with E-state index >= 15 is 0 Å². The molecule has 0 bridgehead atoms. The lowest BCUT2D eigenvalue weighted by Gasteiger charge is -2.40. The Labute approximate surface area is 128 Å². The Morgan fingerprint density at radius 1 is 1.24 bits per heavy atom. The van der Waals surface area contributed by atoms with E-state index in [1.54, 1.807) is 0 Å². The second-order valence-corrected chi connectivity index (χ2v) is 6.61. The zero-order valence-corrected chi connectivity index (χ0v) is 13.5. The van der Waals surface area contributed by atoms with Gasteiger partial charge in [0, 0.05) is 38.6 Å². The molecule has 0 aromatic heterocycles. The molecule has 0 saturated carbocycles. The van der Waals surface area contributed by atoms with Gasteiger partial charge in [-0.3, -0.25) is 4.79 Å². The number of carbonyl (C=O) groups is 1. The number of aliphatic hydroxyl groups excluding tert-OH is 1. The summed E-state index contributed by atoms with van der Waals surface area (Å²) in [7, 11) is 0. The zero-order valence-electron chi connectivity index (χ0n) is 13.5. The second kappa shape index (κ2) is 8.11. The average Bonchev–Trinajstić information content (AvgIpc) is 2.47. The molecule has 1 N–H and O–H groups in total. The number of carbonyl (C=O) groups excluding carboxylic acids is 1. The largest absolute Gasteiger partial charge is 0.389 e. The third kappa shape index (κ3) is 5.24. The lowest BCUT2D eigenvalue weighted by molar-refractivity contribution is -0.136. The van der Waals surface area contributed by atoms with Crippen molar-refractivity contribution in [2.75, 3.05) is 32.8 Å². The number of hydrogen-bond donors (Lipinski definition) is 1. The molecule has 2 aliphatic heterocycles. The summed E-state index contributed by atoms with van der Waals surface area (Å²) in [6.07, 6.45) is 4.74. The maximum atomic E-state index is 12.0. The molecule has 21 heavy (non-hydrogen) atoms. The Bertz CT molecular complexity index is 327. The van der Waals surface area contributed by atoms with Crippen LogP contribution in [0.15, 0.2) is 0 Å². The van der Waals surface area contributed by atoms with Crippen LogP contribution in [0.4, 0.5) is 0 Å². The standard InChI is InChI=1S/C16H30N2O3/c1-13(2)21-12-15(19)11-17-9-6-14(7-10-17)18-8-4-3-5-16(18)20/h13-15,19H,3-12H2,1-2H3. The minimum Gasteiger partial charge on any atom is -0.389 e. The number of amides is 1. The fourth-order valence-electron chi connectivity index (χ4n) is 3.28. The molecule has 122 valence electrons. The van der Waals surface area contributed by atoms with E-state index in [0.29, 0.717) is 25.1 Å². The van der Waals surface area contributed by atoms with Crippen molar-refractivity contribution in [1.29, 1.82) is 0 Å². The first kappa shape index (κ1) is 16.7. The first-order valence-corrected chi connectivity index (χ1v) is 8.37. The van der Waals surface area contributed by atoms with Crippen LogP contribution in [-0.4, -0.2) is 71.8 Å². The van der Waals surface area contributed by atoms with Gasteiger partial charge in [-0.05, 0) is 39.5 Å². The second-order valence-electron chi connectivity index (χ2n) is 6.61. The van der Waals surface area contributed by atoms with E-state index in [-0.39, 0.29) is 6.10 Å². The van der Waals surface area contributed by atoms with E-state index in [1.165, 1.54) is 0 Å². The van der Waals surface area contributed by atoms with Crippen molar-refractivity contribution < 1.29 is 14.6 Å². The van der Waals surface area contributed by atoms with Crippen LogP contribution in [0, 0.1) is 0 Å².